The lowest BCUT2D eigenvalue weighted by atomic mass is 9.72. The number of rotatable bonds is 2. The van der Waals surface area contributed by atoms with Crippen LogP contribution in [0, 0.1) is 5.82 Å². The van der Waals surface area contributed by atoms with Gasteiger partial charge in [-0.25, -0.2) is 4.39 Å². The first-order valence-electron chi connectivity index (χ1n) is 9.23. The number of halogens is 1. The highest BCUT2D eigenvalue weighted by molar-refractivity contribution is 6.05. The Bertz CT molecular complexity index is 824. The molecule has 4 heterocycles. The standard InChI is InChI=1S/C19H20FN3O3/c20-14-2-1-12(9-5-10-7-11(6-9)21-10)13-8-23(19(26)17(13)14)15-3-4-16(24)22-18(15)25/h1-2,9-11,15,21H,3-8H2,(H,22,24,25). The van der Waals surface area contributed by atoms with Crippen LogP contribution in [0.25, 0.3) is 0 Å². The number of benzene rings is 1. The SMILES string of the molecule is O=C1CCC(N2Cc3c(C4CC5CC(C4)N5)ccc(F)c3C2=O)C(=O)N1. The van der Waals surface area contributed by atoms with Gasteiger partial charge in [0.2, 0.25) is 11.8 Å². The van der Waals surface area contributed by atoms with Crippen molar-refractivity contribution >= 4 is 17.7 Å². The summed E-state index contributed by atoms with van der Waals surface area (Å²) in [5.41, 5.74) is 1.88. The second kappa shape index (κ2) is 5.61. The van der Waals surface area contributed by atoms with Crippen LogP contribution >= 0.6 is 0 Å². The Labute approximate surface area is 150 Å². The van der Waals surface area contributed by atoms with Gasteiger partial charge in [-0.2, -0.15) is 0 Å². The van der Waals surface area contributed by atoms with Crippen molar-refractivity contribution in [1.29, 1.82) is 0 Å². The molecular weight excluding hydrogens is 337 g/mol. The molecule has 26 heavy (non-hydrogen) atoms. The number of piperidine rings is 2. The average Bonchev–Trinajstić information content (AvgIpc) is 2.93. The third-order valence-corrected chi connectivity index (χ3v) is 6.31. The molecule has 6 rings (SSSR count). The number of carbonyl (C=O) groups is 3. The van der Waals surface area contributed by atoms with Crippen LogP contribution in [0.4, 0.5) is 4.39 Å². The van der Waals surface area contributed by atoms with Gasteiger partial charge in [-0.1, -0.05) is 6.07 Å². The Morgan fingerprint density at radius 3 is 2.50 bits per heavy atom. The van der Waals surface area contributed by atoms with Gasteiger partial charge in [0, 0.05) is 25.0 Å². The summed E-state index contributed by atoms with van der Waals surface area (Å²) in [5.74, 6) is -1.43. The minimum atomic E-state index is -0.707. The molecule has 2 N–H and O–H groups in total. The maximum Gasteiger partial charge on any atom is 0.258 e. The van der Waals surface area contributed by atoms with Gasteiger partial charge in [-0.3, -0.25) is 19.7 Å². The summed E-state index contributed by atoms with van der Waals surface area (Å²) in [5, 5.41) is 5.78. The fraction of sp³-hybridized carbons (Fsp3) is 0.526. The fourth-order valence-electron chi connectivity index (χ4n) is 5.05. The molecule has 136 valence electrons. The van der Waals surface area contributed by atoms with Crippen molar-refractivity contribution in [1.82, 2.24) is 15.5 Å². The number of nitrogens with zero attached hydrogens (tertiary/aromatic N) is 1. The van der Waals surface area contributed by atoms with Crippen molar-refractivity contribution in [2.24, 2.45) is 0 Å². The van der Waals surface area contributed by atoms with Gasteiger partial charge in [-0.05, 0) is 48.8 Å². The van der Waals surface area contributed by atoms with E-state index in [0.717, 1.165) is 24.0 Å². The first-order valence-corrected chi connectivity index (χ1v) is 9.23. The molecule has 1 aliphatic carbocycles. The topological polar surface area (TPSA) is 78.5 Å². The molecule has 3 atom stereocenters. The minimum absolute atomic E-state index is 0.111. The first kappa shape index (κ1) is 15.9. The van der Waals surface area contributed by atoms with Crippen molar-refractivity contribution in [2.75, 3.05) is 0 Å². The predicted molar refractivity (Wildman–Crippen MR) is 89.7 cm³/mol. The van der Waals surface area contributed by atoms with Crippen LogP contribution in [0.2, 0.25) is 0 Å². The third kappa shape index (κ3) is 2.30. The van der Waals surface area contributed by atoms with Crippen molar-refractivity contribution in [3.05, 3.63) is 34.6 Å². The molecule has 1 aromatic rings. The highest BCUT2D eigenvalue weighted by atomic mass is 19.1. The molecule has 2 bridgehead atoms. The Balaban J connectivity index is 1.47. The smallest absolute Gasteiger partial charge is 0.258 e. The maximum absolute atomic E-state index is 14.5. The van der Waals surface area contributed by atoms with Crippen molar-refractivity contribution in [3.63, 3.8) is 0 Å². The molecule has 6 nitrogen and oxygen atoms in total. The molecule has 0 aromatic heterocycles. The molecule has 7 heteroatoms. The van der Waals surface area contributed by atoms with E-state index in [0.29, 0.717) is 24.4 Å². The number of amides is 3. The lowest BCUT2D eigenvalue weighted by Crippen LogP contribution is -2.57. The van der Waals surface area contributed by atoms with Crippen LogP contribution in [-0.2, 0) is 16.1 Å². The molecule has 0 spiro atoms. The fourth-order valence-corrected chi connectivity index (χ4v) is 5.05. The molecule has 3 unspecified atom stereocenters. The van der Waals surface area contributed by atoms with Crippen LogP contribution in [0.15, 0.2) is 12.1 Å². The van der Waals surface area contributed by atoms with Gasteiger partial charge in [0.25, 0.3) is 5.91 Å². The Morgan fingerprint density at radius 1 is 1.08 bits per heavy atom. The van der Waals surface area contributed by atoms with Crippen molar-refractivity contribution < 1.29 is 18.8 Å². The number of hydrogen-bond acceptors (Lipinski definition) is 4. The van der Waals surface area contributed by atoms with E-state index < -0.39 is 23.7 Å². The van der Waals surface area contributed by atoms with Crippen LogP contribution in [0.1, 0.15) is 59.5 Å². The van der Waals surface area contributed by atoms with E-state index >= 15 is 0 Å². The summed E-state index contributed by atoms with van der Waals surface area (Å²) in [6.07, 6.45) is 3.69. The highest BCUT2D eigenvalue weighted by Gasteiger charge is 2.44. The summed E-state index contributed by atoms with van der Waals surface area (Å²) in [6, 6.07) is 3.52. The van der Waals surface area contributed by atoms with E-state index in [2.05, 4.69) is 10.6 Å². The molecule has 5 aliphatic rings. The van der Waals surface area contributed by atoms with Gasteiger partial charge in [0.1, 0.15) is 11.9 Å². The van der Waals surface area contributed by atoms with E-state index in [1.54, 1.807) is 0 Å². The average molecular weight is 357 g/mol. The lowest BCUT2D eigenvalue weighted by molar-refractivity contribution is -0.136. The Hall–Kier alpha value is -2.28. The van der Waals surface area contributed by atoms with Crippen LogP contribution in [0.3, 0.4) is 0 Å². The quantitative estimate of drug-likeness (QED) is 0.780. The maximum atomic E-state index is 14.5. The second-order valence-corrected chi connectivity index (χ2v) is 7.85. The van der Waals surface area contributed by atoms with Gasteiger partial charge < -0.3 is 10.2 Å². The minimum Gasteiger partial charge on any atom is -0.322 e. The number of imide groups is 1. The van der Waals surface area contributed by atoms with Crippen molar-refractivity contribution in [3.8, 4) is 0 Å². The van der Waals surface area contributed by atoms with Crippen LogP contribution in [0.5, 0.6) is 0 Å². The number of carbonyl (C=O) groups excluding carboxylic acids is 3. The molecule has 1 aromatic carbocycles. The van der Waals surface area contributed by atoms with Gasteiger partial charge in [0.05, 0.1) is 5.56 Å². The Kier molecular flexibility index (Phi) is 3.44. The van der Waals surface area contributed by atoms with Crippen LogP contribution < -0.4 is 10.6 Å². The largest absolute Gasteiger partial charge is 0.322 e. The number of fused-ring (bicyclic) bond motifs is 3. The summed E-state index contributed by atoms with van der Waals surface area (Å²) in [6.45, 7) is 0.243. The molecule has 4 aliphatic heterocycles. The van der Waals surface area contributed by atoms with Crippen LogP contribution in [-0.4, -0.2) is 40.7 Å². The van der Waals surface area contributed by atoms with Gasteiger partial charge in [0.15, 0.2) is 0 Å². The lowest BCUT2D eigenvalue weighted by Gasteiger charge is -2.47. The molecule has 3 amide bonds. The Morgan fingerprint density at radius 2 is 1.81 bits per heavy atom. The molecule has 4 fully saturated rings. The van der Waals surface area contributed by atoms with E-state index in [-0.39, 0.29) is 24.4 Å². The summed E-state index contributed by atoms with van der Waals surface area (Å²) < 4.78 is 14.5. The second-order valence-electron chi connectivity index (χ2n) is 7.85. The summed E-state index contributed by atoms with van der Waals surface area (Å²) >= 11 is 0. The van der Waals surface area contributed by atoms with E-state index in [1.807, 2.05) is 6.07 Å². The molecule has 3 saturated heterocycles. The number of nitrogens with one attached hydrogen (secondary N) is 2. The zero-order valence-corrected chi connectivity index (χ0v) is 14.3. The molecular formula is C19H20FN3O3. The highest BCUT2D eigenvalue weighted by Crippen LogP contribution is 2.43. The summed E-state index contributed by atoms with van der Waals surface area (Å²) in [7, 11) is 0. The molecule has 1 saturated carbocycles. The monoisotopic (exact) mass is 357 g/mol. The summed E-state index contributed by atoms with van der Waals surface area (Å²) in [4.78, 5) is 37.9. The van der Waals surface area contributed by atoms with Gasteiger partial charge in [-0.15, -0.1) is 0 Å². The predicted octanol–water partition coefficient (Wildman–Crippen LogP) is 1.19. The van der Waals surface area contributed by atoms with E-state index in [4.69, 9.17) is 0 Å². The zero-order valence-electron chi connectivity index (χ0n) is 14.3. The van der Waals surface area contributed by atoms with E-state index in [1.165, 1.54) is 17.4 Å². The van der Waals surface area contributed by atoms with E-state index in [9.17, 15) is 18.8 Å². The first-order chi connectivity index (χ1) is 12.5. The zero-order chi connectivity index (χ0) is 18.0. The third-order valence-electron chi connectivity index (χ3n) is 6.31. The molecule has 0 radical (unpaired) electrons. The normalized spacial score (nSPS) is 33.0. The number of hydrogen-bond donors (Lipinski definition) is 2. The van der Waals surface area contributed by atoms with Gasteiger partial charge >= 0.3 is 0 Å². The van der Waals surface area contributed by atoms with Crippen molar-refractivity contribution in [2.45, 2.75) is 62.7 Å².